The summed E-state index contributed by atoms with van der Waals surface area (Å²) in [5, 5.41) is 11.3. The van der Waals surface area contributed by atoms with Crippen LogP contribution in [0.2, 0.25) is 0 Å². The van der Waals surface area contributed by atoms with E-state index < -0.39 is 5.82 Å². The van der Waals surface area contributed by atoms with Crippen LogP contribution in [0, 0.1) is 5.82 Å². The predicted octanol–water partition coefficient (Wildman–Crippen LogP) is 1.49. The van der Waals surface area contributed by atoms with Gasteiger partial charge in [-0.05, 0) is 31.5 Å². The Balaban J connectivity index is 1.54. The van der Waals surface area contributed by atoms with Gasteiger partial charge in [-0.1, -0.05) is 30.8 Å². The van der Waals surface area contributed by atoms with Gasteiger partial charge in [-0.15, -0.1) is 10.2 Å². The summed E-state index contributed by atoms with van der Waals surface area (Å²) in [7, 11) is 0. The highest BCUT2D eigenvalue weighted by Crippen LogP contribution is 2.23. The van der Waals surface area contributed by atoms with E-state index >= 15 is 0 Å². The molecule has 0 aliphatic carbocycles. The van der Waals surface area contributed by atoms with Crippen LogP contribution in [0.3, 0.4) is 0 Å². The van der Waals surface area contributed by atoms with E-state index in [4.69, 9.17) is 5.84 Å². The quantitative estimate of drug-likeness (QED) is 0.585. The summed E-state index contributed by atoms with van der Waals surface area (Å²) in [6.45, 7) is 5.22. The Morgan fingerprint density at radius 3 is 2.77 bits per heavy atom. The number of nitrogens with two attached hydrogens (primary N) is 1. The minimum Gasteiger partial charge on any atom is -0.353 e. The van der Waals surface area contributed by atoms with E-state index in [0.29, 0.717) is 5.16 Å². The van der Waals surface area contributed by atoms with E-state index in [1.54, 1.807) is 18.2 Å². The Morgan fingerprint density at radius 1 is 1.35 bits per heavy atom. The normalized spacial score (nSPS) is 15.9. The SMILES string of the molecule is CCN1CCC(NC(=O)CSc2nnc(-c3ccccc3F)n2N)CC1. The highest BCUT2D eigenvalue weighted by atomic mass is 32.2. The third kappa shape index (κ3) is 4.34. The number of hydrogen-bond acceptors (Lipinski definition) is 6. The van der Waals surface area contributed by atoms with Crippen molar-refractivity contribution in [1.82, 2.24) is 25.1 Å². The van der Waals surface area contributed by atoms with Crippen LogP contribution >= 0.6 is 11.8 Å². The van der Waals surface area contributed by atoms with Gasteiger partial charge in [-0.3, -0.25) is 4.79 Å². The topological polar surface area (TPSA) is 89.1 Å². The molecule has 7 nitrogen and oxygen atoms in total. The predicted molar refractivity (Wildman–Crippen MR) is 99.6 cm³/mol. The molecule has 0 atom stereocenters. The highest BCUT2D eigenvalue weighted by molar-refractivity contribution is 7.99. The number of nitrogens with one attached hydrogen (secondary N) is 1. The van der Waals surface area contributed by atoms with Crippen LogP contribution in [-0.4, -0.2) is 57.1 Å². The molecule has 1 aliphatic rings. The number of hydrogen-bond donors (Lipinski definition) is 2. The number of benzene rings is 1. The number of nitrogens with zero attached hydrogens (tertiary/aromatic N) is 4. The Bertz CT molecular complexity index is 759. The van der Waals surface area contributed by atoms with Crippen LogP contribution < -0.4 is 11.2 Å². The minimum atomic E-state index is -0.417. The number of carbonyl (C=O) groups excluding carboxylic acids is 1. The molecule has 1 fully saturated rings. The summed E-state index contributed by atoms with van der Waals surface area (Å²) in [4.78, 5) is 14.5. The van der Waals surface area contributed by atoms with Gasteiger partial charge in [0, 0.05) is 19.1 Å². The molecule has 3 rings (SSSR count). The molecule has 0 unspecified atom stereocenters. The summed E-state index contributed by atoms with van der Waals surface area (Å²) in [5.74, 6) is 5.93. The molecule has 0 radical (unpaired) electrons. The molecule has 140 valence electrons. The first kappa shape index (κ1) is 18.7. The van der Waals surface area contributed by atoms with Gasteiger partial charge < -0.3 is 16.1 Å². The zero-order chi connectivity index (χ0) is 18.5. The van der Waals surface area contributed by atoms with Gasteiger partial charge in [0.1, 0.15) is 5.82 Å². The van der Waals surface area contributed by atoms with Crippen molar-refractivity contribution >= 4 is 17.7 Å². The summed E-state index contributed by atoms with van der Waals surface area (Å²) in [6.07, 6.45) is 1.93. The Labute approximate surface area is 156 Å². The Kier molecular flexibility index (Phi) is 6.10. The third-order valence-corrected chi connectivity index (χ3v) is 5.45. The van der Waals surface area contributed by atoms with Crippen LogP contribution in [0.15, 0.2) is 29.4 Å². The van der Waals surface area contributed by atoms with Crippen molar-refractivity contribution < 1.29 is 9.18 Å². The van der Waals surface area contributed by atoms with Gasteiger partial charge in [0.2, 0.25) is 11.1 Å². The maximum atomic E-state index is 13.9. The molecular formula is C17H23FN6OS. The number of rotatable bonds is 6. The molecule has 0 saturated carbocycles. The first-order valence-electron chi connectivity index (χ1n) is 8.68. The first-order valence-corrected chi connectivity index (χ1v) is 9.67. The molecule has 2 aromatic rings. The standard InChI is InChI=1S/C17H23FN6OS/c1-2-23-9-7-12(8-10-23)20-15(25)11-26-17-22-21-16(24(17)19)13-5-3-4-6-14(13)18/h3-6,12H,2,7-11,19H2,1H3,(H,20,25). The number of aromatic nitrogens is 3. The molecule has 1 aromatic heterocycles. The number of likely N-dealkylation sites (tertiary alicyclic amines) is 1. The summed E-state index contributed by atoms with van der Waals surface area (Å²) in [6, 6.07) is 6.45. The number of piperidine rings is 1. The van der Waals surface area contributed by atoms with Crippen molar-refractivity contribution in [3.05, 3.63) is 30.1 Å². The molecule has 2 heterocycles. The van der Waals surface area contributed by atoms with E-state index in [1.807, 2.05) is 0 Å². The fourth-order valence-corrected chi connectivity index (χ4v) is 3.66. The molecule has 3 N–H and O–H groups in total. The van der Waals surface area contributed by atoms with Crippen molar-refractivity contribution in [2.75, 3.05) is 31.2 Å². The lowest BCUT2D eigenvalue weighted by Crippen LogP contribution is -2.45. The molecule has 1 saturated heterocycles. The van der Waals surface area contributed by atoms with Crippen molar-refractivity contribution in [2.24, 2.45) is 0 Å². The van der Waals surface area contributed by atoms with Crippen molar-refractivity contribution in [2.45, 2.75) is 31.0 Å². The largest absolute Gasteiger partial charge is 0.353 e. The van der Waals surface area contributed by atoms with Crippen LogP contribution in [-0.2, 0) is 4.79 Å². The molecular weight excluding hydrogens is 355 g/mol. The second-order valence-corrected chi connectivity index (χ2v) is 7.16. The number of halogens is 1. The van der Waals surface area contributed by atoms with Crippen LogP contribution in [0.5, 0.6) is 0 Å². The van der Waals surface area contributed by atoms with Gasteiger partial charge in [0.15, 0.2) is 5.82 Å². The van der Waals surface area contributed by atoms with Gasteiger partial charge in [0.25, 0.3) is 0 Å². The van der Waals surface area contributed by atoms with E-state index in [9.17, 15) is 9.18 Å². The second-order valence-electron chi connectivity index (χ2n) is 6.22. The van der Waals surface area contributed by atoms with Crippen LogP contribution in [0.25, 0.3) is 11.4 Å². The first-order chi connectivity index (χ1) is 12.6. The molecule has 1 aromatic carbocycles. The molecule has 9 heteroatoms. The van der Waals surface area contributed by atoms with Crippen molar-refractivity contribution in [1.29, 1.82) is 0 Å². The van der Waals surface area contributed by atoms with Gasteiger partial charge >= 0.3 is 0 Å². The lowest BCUT2D eigenvalue weighted by Gasteiger charge is -2.31. The highest BCUT2D eigenvalue weighted by Gasteiger charge is 2.20. The number of carbonyl (C=O) groups is 1. The van der Waals surface area contributed by atoms with Crippen LogP contribution in [0.4, 0.5) is 4.39 Å². The van der Waals surface area contributed by atoms with E-state index in [1.165, 1.54) is 22.5 Å². The molecule has 0 bridgehead atoms. The lowest BCUT2D eigenvalue weighted by atomic mass is 10.1. The number of nitrogen functional groups attached to an aromatic ring is 1. The molecule has 26 heavy (non-hydrogen) atoms. The maximum Gasteiger partial charge on any atom is 0.230 e. The zero-order valence-corrected chi connectivity index (χ0v) is 15.5. The minimum absolute atomic E-state index is 0.0552. The summed E-state index contributed by atoms with van der Waals surface area (Å²) < 4.78 is 15.1. The monoisotopic (exact) mass is 378 g/mol. The van der Waals surface area contributed by atoms with E-state index in [-0.39, 0.29) is 29.1 Å². The summed E-state index contributed by atoms with van der Waals surface area (Å²) >= 11 is 1.19. The zero-order valence-electron chi connectivity index (χ0n) is 14.7. The molecule has 1 amide bonds. The fourth-order valence-electron chi connectivity index (χ4n) is 2.99. The smallest absolute Gasteiger partial charge is 0.230 e. The third-order valence-electron chi connectivity index (χ3n) is 4.51. The maximum absolute atomic E-state index is 13.9. The van der Waals surface area contributed by atoms with E-state index in [2.05, 4.69) is 27.3 Å². The lowest BCUT2D eigenvalue weighted by molar-refractivity contribution is -0.119. The Morgan fingerprint density at radius 2 is 2.08 bits per heavy atom. The second kappa shape index (κ2) is 8.50. The molecule has 1 aliphatic heterocycles. The van der Waals surface area contributed by atoms with Gasteiger partial charge in [0.05, 0.1) is 11.3 Å². The van der Waals surface area contributed by atoms with Crippen molar-refractivity contribution in [3.63, 3.8) is 0 Å². The average Bonchev–Trinajstić information content (AvgIpc) is 3.01. The van der Waals surface area contributed by atoms with Gasteiger partial charge in [-0.2, -0.15) is 0 Å². The summed E-state index contributed by atoms with van der Waals surface area (Å²) in [5.41, 5.74) is 0.279. The molecule has 0 spiro atoms. The van der Waals surface area contributed by atoms with Gasteiger partial charge in [-0.25, -0.2) is 9.07 Å². The number of thioether (sulfide) groups is 1. The van der Waals surface area contributed by atoms with Crippen LogP contribution in [0.1, 0.15) is 19.8 Å². The fraction of sp³-hybridized carbons (Fsp3) is 0.471. The Hall–Kier alpha value is -2.13. The average molecular weight is 378 g/mol. The van der Waals surface area contributed by atoms with E-state index in [0.717, 1.165) is 32.5 Å². The van der Waals surface area contributed by atoms with Crippen molar-refractivity contribution in [3.8, 4) is 11.4 Å². The number of amides is 1.